The molecule has 0 saturated heterocycles. The van der Waals surface area contributed by atoms with Crippen LogP contribution in [-0.2, 0) is 4.79 Å². The third-order valence-corrected chi connectivity index (χ3v) is 4.74. The number of amides is 1. The highest BCUT2D eigenvalue weighted by Crippen LogP contribution is 2.18. The van der Waals surface area contributed by atoms with Crippen molar-refractivity contribution < 1.29 is 14.3 Å². The monoisotopic (exact) mass is 397 g/mol. The standard InChI is InChI=1S/C20H19N3O4S/c1-26-16-7-3-14(4-8-16)21-18(24)13-28-19-11-12-20(25)23(22-19)15-5-9-17(27-2)10-6-15/h3-12H,13H2,1-2H3,(H,21,24). The van der Waals surface area contributed by atoms with E-state index in [4.69, 9.17) is 9.47 Å². The number of carbonyl (C=O) groups excluding carboxylic acids is 1. The predicted molar refractivity (Wildman–Crippen MR) is 109 cm³/mol. The number of nitrogens with one attached hydrogen (secondary N) is 1. The molecule has 0 unspecified atom stereocenters. The summed E-state index contributed by atoms with van der Waals surface area (Å²) in [5.74, 6) is 1.41. The first-order valence-corrected chi connectivity index (χ1v) is 9.39. The summed E-state index contributed by atoms with van der Waals surface area (Å²) in [6.45, 7) is 0. The minimum absolute atomic E-state index is 0.167. The maximum Gasteiger partial charge on any atom is 0.271 e. The second kappa shape index (κ2) is 9.09. The van der Waals surface area contributed by atoms with E-state index in [-0.39, 0.29) is 17.2 Å². The molecule has 28 heavy (non-hydrogen) atoms. The van der Waals surface area contributed by atoms with Crippen LogP contribution in [0.1, 0.15) is 0 Å². The average Bonchev–Trinajstić information content (AvgIpc) is 2.74. The van der Waals surface area contributed by atoms with Gasteiger partial charge in [-0.05, 0) is 54.6 Å². The summed E-state index contributed by atoms with van der Waals surface area (Å²) in [5, 5.41) is 7.71. The maximum atomic E-state index is 12.2. The third kappa shape index (κ3) is 4.92. The lowest BCUT2D eigenvalue weighted by Gasteiger charge is -2.08. The number of ether oxygens (including phenoxy) is 2. The molecule has 3 rings (SSSR count). The van der Waals surface area contributed by atoms with E-state index in [1.807, 2.05) is 0 Å². The molecular weight excluding hydrogens is 378 g/mol. The zero-order valence-corrected chi connectivity index (χ0v) is 16.2. The quantitative estimate of drug-likeness (QED) is 0.617. The Morgan fingerprint density at radius 3 is 2.18 bits per heavy atom. The van der Waals surface area contributed by atoms with Crippen LogP contribution in [0.5, 0.6) is 11.5 Å². The van der Waals surface area contributed by atoms with Crippen LogP contribution in [0.2, 0.25) is 0 Å². The predicted octanol–water partition coefficient (Wildman–Crippen LogP) is 2.98. The van der Waals surface area contributed by atoms with Crippen molar-refractivity contribution in [2.45, 2.75) is 5.03 Å². The van der Waals surface area contributed by atoms with Gasteiger partial charge in [-0.15, -0.1) is 0 Å². The van der Waals surface area contributed by atoms with Crippen molar-refractivity contribution in [2.24, 2.45) is 0 Å². The van der Waals surface area contributed by atoms with Gasteiger partial charge in [0.1, 0.15) is 16.5 Å². The molecule has 1 aromatic heterocycles. The fourth-order valence-corrected chi connectivity index (χ4v) is 3.05. The number of thioether (sulfide) groups is 1. The average molecular weight is 397 g/mol. The van der Waals surface area contributed by atoms with Gasteiger partial charge >= 0.3 is 0 Å². The van der Waals surface area contributed by atoms with Gasteiger partial charge in [0.15, 0.2) is 0 Å². The molecule has 0 fully saturated rings. The van der Waals surface area contributed by atoms with Crippen molar-refractivity contribution >= 4 is 23.4 Å². The van der Waals surface area contributed by atoms with Crippen molar-refractivity contribution in [3.8, 4) is 17.2 Å². The Morgan fingerprint density at radius 1 is 0.964 bits per heavy atom. The van der Waals surface area contributed by atoms with Crippen molar-refractivity contribution in [1.29, 1.82) is 0 Å². The molecule has 0 spiro atoms. The van der Waals surface area contributed by atoms with E-state index in [9.17, 15) is 9.59 Å². The summed E-state index contributed by atoms with van der Waals surface area (Å²) in [5.41, 5.74) is 1.05. The molecule has 3 aromatic rings. The van der Waals surface area contributed by atoms with Crippen LogP contribution in [-0.4, -0.2) is 35.7 Å². The number of nitrogens with zero attached hydrogens (tertiary/aromatic N) is 2. The van der Waals surface area contributed by atoms with Crippen LogP contribution >= 0.6 is 11.8 Å². The molecule has 0 bridgehead atoms. The summed E-state index contributed by atoms with van der Waals surface area (Å²) in [6.07, 6.45) is 0. The molecule has 0 radical (unpaired) electrons. The van der Waals surface area contributed by atoms with E-state index < -0.39 is 0 Å². The Bertz CT molecular complexity index is 1000. The fourth-order valence-electron chi connectivity index (χ4n) is 2.39. The van der Waals surface area contributed by atoms with Crippen molar-refractivity contribution in [2.75, 3.05) is 25.3 Å². The number of carbonyl (C=O) groups is 1. The normalized spacial score (nSPS) is 10.4. The van der Waals surface area contributed by atoms with E-state index in [0.717, 1.165) is 5.75 Å². The lowest BCUT2D eigenvalue weighted by atomic mass is 10.3. The van der Waals surface area contributed by atoms with Crippen LogP contribution in [0.3, 0.4) is 0 Å². The van der Waals surface area contributed by atoms with Gasteiger partial charge in [0.05, 0.1) is 25.7 Å². The summed E-state index contributed by atoms with van der Waals surface area (Å²) in [6, 6.07) is 17.1. The van der Waals surface area contributed by atoms with Gasteiger partial charge in [-0.25, -0.2) is 0 Å². The number of hydrogen-bond donors (Lipinski definition) is 1. The van der Waals surface area contributed by atoms with Gasteiger partial charge in [-0.1, -0.05) is 11.8 Å². The number of methoxy groups -OCH3 is 2. The zero-order valence-electron chi connectivity index (χ0n) is 15.4. The summed E-state index contributed by atoms with van der Waals surface area (Å²) in [7, 11) is 3.16. The first-order chi connectivity index (χ1) is 13.6. The van der Waals surface area contributed by atoms with Crippen molar-refractivity contribution in [3.05, 3.63) is 71.0 Å². The first-order valence-electron chi connectivity index (χ1n) is 8.40. The Balaban J connectivity index is 1.65. The fraction of sp³-hybridized carbons (Fsp3) is 0.150. The largest absolute Gasteiger partial charge is 0.497 e. The van der Waals surface area contributed by atoms with Gasteiger partial charge in [-0.3, -0.25) is 9.59 Å². The van der Waals surface area contributed by atoms with Gasteiger partial charge in [0.2, 0.25) is 5.91 Å². The second-order valence-corrected chi connectivity index (χ2v) is 6.68. The van der Waals surface area contributed by atoms with Gasteiger partial charge < -0.3 is 14.8 Å². The minimum Gasteiger partial charge on any atom is -0.497 e. The highest BCUT2D eigenvalue weighted by molar-refractivity contribution is 7.99. The van der Waals surface area contributed by atoms with Crippen LogP contribution < -0.4 is 20.3 Å². The highest BCUT2D eigenvalue weighted by Gasteiger charge is 2.08. The molecule has 1 amide bonds. The Hall–Kier alpha value is -3.26. The molecule has 7 nitrogen and oxygen atoms in total. The maximum absolute atomic E-state index is 12.2. The number of hydrogen-bond acceptors (Lipinski definition) is 6. The van der Waals surface area contributed by atoms with Crippen LogP contribution in [0, 0.1) is 0 Å². The smallest absolute Gasteiger partial charge is 0.271 e. The molecule has 144 valence electrons. The van der Waals surface area contributed by atoms with E-state index in [2.05, 4.69) is 10.4 Å². The molecule has 1 N–H and O–H groups in total. The molecule has 8 heteroatoms. The van der Waals surface area contributed by atoms with Crippen molar-refractivity contribution in [3.63, 3.8) is 0 Å². The topological polar surface area (TPSA) is 82.5 Å². The minimum atomic E-state index is -0.253. The van der Waals surface area contributed by atoms with Crippen LogP contribution in [0.4, 0.5) is 5.69 Å². The van der Waals surface area contributed by atoms with E-state index in [1.165, 1.54) is 22.5 Å². The molecule has 0 aliphatic carbocycles. The molecule has 1 heterocycles. The Morgan fingerprint density at radius 2 is 1.57 bits per heavy atom. The summed E-state index contributed by atoms with van der Waals surface area (Å²) < 4.78 is 11.5. The molecule has 0 aliphatic heterocycles. The van der Waals surface area contributed by atoms with Gasteiger partial charge in [0, 0.05) is 11.8 Å². The van der Waals surface area contributed by atoms with E-state index in [1.54, 1.807) is 68.8 Å². The Labute approximate surface area is 166 Å². The van der Waals surface area contributed by atoms with Crippen LogP contribution in [0.15, 0.2) is 70.5 Å². The number of anilines is 1. The first kappa shape index (κ1) is 19.5. The van der Waals surface area contributed by atoms with E-state index in [0.29, 0.717) is 22.2 Å². The number of rotatable bonds is 7. The number of aromatic nitrogens is 2. The number of benzene rings is 2. The second-order valence-electron chi connectivity index (χ2n) is 5.68. The zero-order chi connectivity index (χ0) is 19.9. The molecule has 0 atom stereocenters. The third-order valence-electron chi connectivity index (χ3n) is 3.82. The Kier molecular flexibility index (Phi) is 6.33. The highest BCUT2D eigenvalue weighted by atomic mass is 32.2. The molecular formula is C20H19N3O4S. The van der Waals surface area contributed by atoms with Crippen molar-refractivity contribution in [1.82, 2.24) is 9.78 Å². The molecule has 0 saturated carbocycles. The molecule has 2 aromatic carbocycles. The lowest BCUT2D eigenvalue weighted by molar-refractivity contribution is -0.113. The molecule has 0 aliphatic rings. The van der Waals surface area contributed by atoms with Gasteiger partial charge in [0.25, 0.3) is 5.56 Å². The van der Waals surface area contributed by atoms with Crippen LogP contribution in [0.25, 0.3) is 5.69 Å². The summed E-state index contributed by atoms with van der Waals surface area (Å²) in [4.78, 5) is 24.3. The lowest BCUT2D eigenvalue weighted by Crippen LogP contribution is -2.20. The summed E-state index contributed by atoms with van der Waals surface area (Å²) >= 11 is 1.25. The van der Waals surface area contributed by atoms with E-state index >= 15 is 0 Å². The van der Waals surface area contributed by atoms with Gasteiger partial charge in [-0.2, -0.15) is 9.78 Å². The SMILES string of the molecule is COc1ccc(NC(=O)CSc2ccc(=O)n(-c3ccc(OC)cc3)n2)cc1.